The second-order valence-electron chi connectivity index (χ2n) is 10.6. The summed E-state index contributed by atoms with van der Waals surface area (Å²) in [5.41, 5.74) is 2.13. The molecule has 4 aliphatic rings. The molecule has 1 aromatic heterocycles. The number of carbonyl (C=O) groups is 1. The first-order valence-corrected chi connectivity index (χ1v) is 13.8. The predicted octanol–water partition coefficient (Wildman–Crippen LogP) is 4.41. The van der Waals surface area contributed by atoms with E-state index >= 15 is 0 Å². The summed E-state index contributed by atoms with van der Waals surface area (Å²) in [5, 5.41) is 6.75. The van der Waals surface area contributed by atoms with Crippen LogP contribution in [0.3, 0.4) is 0 Å². The number of carbonyl (C=O) groups excluding carboxylic acids is 1. The number of hydrogen-bond acceptors (Lipinski definition) is 7. The van der Waals surface area contributed by atoms with Crippen molar-refractivity contribution < 1.29 is 13.6 Å². The molecule has 2 aromatic rings. The van der Waals surface area contributed by atoms with Gasteiger partial charge in [-0.15, -0.1) is 11.8 Å². The van der Waals surface area contributed by atoms with E-state index in [4.69, 9.17) is 0 Å². The number of thioether (sulfide) groups is 1. The van der Waals surface area contributed by atoms with Crippen molar-refractivity contribution in [2.75, 3.05) is 54.4 Å². The summed E-state index contributed by atoms with van der Waals surface area (Å²) in [4.78, 5) is 27.5. The van der Waals surface area contributed by atoms with E-state index < -0.39 is 5.92 Å². The Kier molecular flexibility index (Phi) is 6.27. The van der Waals surface area contributed by atoms with Gasteiger partial charge in [-0.1, -0.05) is 0 Å². The van der Waals surface area contributed by atoms with Crippen LogP contribution in [0.15, 0.2) is 35.4 Å². The van der Waals surface area contributed by atoms with Gasteiger partial charge in [-0.2, -0.15) is 4.98 Å². The van der Waals surface area contributed by atoms with Crippen LogP contribution >= 0.6 is 11.8 Å². The van der Waals surface area contributed by atoms with Crippen molar-refractivity contribution in [3.8, 4) is 0 Å². The topological polar surface area (TPSA) is 73.4 Å². The van der Waals surface area contributed by atoms with Crippen molar-refractivity contribution in [1.82, 2.24) is 15.3 Å². The molecule has 192 valence electrons. The number of piperidine rings is 2. The summed E-state index contributed by atoms with van der Waals surface area (Å²) in [6.07, 6.45) is 6.21. The molecule has 1 spiro atoms. The fourth-order valence-corrected chi connectivity index (χ4v) is 6.41. The highest BCUT2D eigenvalue weighted by Gasteiger charge is 2.44. The van der Waals surface area contributed by atoms with Gasteiger partial charge in [0.05, 0.1) is 11.3 Å². The van der Waals surface area contributed by atoms with E-state index in [1.165, 1.54) is 30.6 Å². The normalized spacial score (nSPS) is 22.8. The molecule has 0 bridgehead atoms. The van der Waals surface area contributed by atoms with Gasteiger partial charge >= 0.3 is 0 Å². The highest BCUT2D eigenvalue weighted by atomic mass is 32.2. The molecule has 7 nitrogen and oxygen atoms in total. The number of nitrogens with zero attached hydrogens (tertiary/aromatic N) is 4. The molecule has 0 atom stereocenters. The first-order valence-electron chi connectivity index (χ1n) is 12.9. The van der Waals surface area contributed by atoms with Gasteiger partial charge in [0.15, 0.2) is 0 Å². The molecule has 4 heterocycles. The molecule has 1 aliphatic carbocycles. The van der Waals surface area contributed by atoms with E-state index in [0.29, 0.717) is 22.0 Å². The van der Waals surface area contributed by atoms with Gasteiger partial charge in [-0.3, -0.25) is 10.1 Å². The van der Waals surface area contributed by atoms with Crippen molar-refractivity contribution in [2.45, 2.75) is 54.6 Å². The smallest absolute Gasteiger partial charge is 0.260 e. The summed E-state index contributed by atoms with van der Waals surface area (Å²) < 4.78 is 27.1. The minimum Gasteiger partial charge on any atom is -0.371 e. The third kappa shape index (κ3) is 5.16. The fraction of sp³-hybridized carbons (Fsp3) is 0.577. The first-order chi connectivity index (χ1) is 17.4. The molecular formula is C26H32F2N6OS. The second-order valence-corrected chi connectivity index (χ2v) is 12.0. The zero-order chi connectivity index (χ0) is 24.8. The van der Waals surface area contributed by atoms with E-state index in [9.17, 15) is 13.6 Å². The monoisotopic (exact) mass is 514 g/mol. The summed E-state index contributed by atoms with van der Waals surface area (Å²) in [6, 6.07) is 7.80. The quantitative estimate of drug-likeness (QED) is 0.592. The van der Waals surface area contributed by atoms with Crippen molar-refractivity contribution in [3.63, 3.8) is 0 Å². The van der Waals surface area contributed by atoms with Crippen LogP contribution in [0.5, 0.6) is 0 Å². The van der Waals surface area contributed by atoms with Gasteiger partial charge in [-0.05, 0) is 55.4 Å². The van der Waals surface area contributed by atoms with Crippen molar-refractivity contribution in [3.05, 3.63) is 36.0 Å². The SMILES string of the molecule is O=C(Nc1nccc(N2CCC(F)(F)CC2)n1)c1ccc(SC2CNC2)cc1N1CCC2(CC1)CC2. The molecule has 1 amide bonds. The average Bonchev–Trinajstić information content (AvgIpc) is 3.60. The standard InChI is InChI=1S/C26H32F2N6OS/c27-26(28)8-13-34(14-9-26)22-3-10-30-24(31-22)32-23(35)20-2-1-18(36-19-16-29-17-19)15-21(20)33-11-6-25(4-5-25)7-12-33/h1-3,10,15,19,29H,4-9,11-14,16-17H2,(H,30,31,32,35). The highest BCUT2D eigenvalue weighted by Crippen LogP contribution is 2.54. The van der Waals surface area contributed by atoms with Gasteiger partial charge in [0, 0.05) is 68.5 Å². The van der Waals surface area contributed by atoms with Crippen molar-refractivity contribution in [2.24, 2.45) is 5.41 Å². The van der Waals surface area contributed by atoms with Gasteiger partial charge in [0.2, 0.25) is 5.95 Å². The lowest BCUT2D eigenvalue weighted by Crippen LogP contribution is -2.44. The summed E-state index contributed by atoms with van der Waals surface area (Å²) in [6.45, 7) is 4.41. The zero-order valence-corrected chi connectivity index (χ0v) is 21.1. The first kappa shape index (κ1) is 23.9. The number of rotatable bonds is 6. The molecule has 4 fully saturated rings. The third-order valence-electron chi connectivity index (χ3n) is 8.07. The molecule has 2 N–H and O–H groups in total. The largest absolute Gasteiger partial charge is 0.371 e. The maximum Gasteiger partial charge on any atom is 0.260 e. The maximum absolute atomic E-state index is 13.6. The molecule has 1 aromatic carbocycles. The van der Waals surface area contributed by atoms with Gasteiger partial charge in [0.25, 0.3) is 11.8 Å². The molecule has 0 radical (unpaired) electrons. The van der Waals surface area contributed by atoms with E-state index in [1.54, 1.807) is 12.3 Å². The Morgan fingerprint density at radius 2 is 1.72 bits per heavy atom. The lowest BCUT2D eigenvalue weighted by atomic mass is 9.93. The predicted molar refractivity (Wildman–Crippen MR) is 138 cm³/mol. The summed E-state index contributed by atoms with van der Waals surface area (Å²) >= 11 is 1.86. The van der Waals surface area contributed by atoms with E-state index in [2.05, 4.69) is 31.6 Å². The second kappa shape index (κ2) is 9.45. The Morgan fingerprint density at radius 1 is 1.00 bits per heavy atom. The molecule has 1 saturated carbocycles. The third-order valence-corrected chi connectivity index (χ3v) is 9.26. The van der Waals surface area contributed by atoms with E-state index in [1.807, 2.05) is 28.8 Å². The molecular weight excluding hydrogens is 482 g/mol. The van der Waals surface area contributed by atoms with Crippen molar-refractivity contribution >= 4 is 35.1 Å². The lowest BCUT2D eigenvalue weighted by molar-refractivity contribution is -0.0221. The minimum atomic E-state index is -2.62. The van der Waals surface area contributed by atoms with Gasteiger partial charge in [-0.25, -0.2) is 13.8 Å². The van der Waals surface area contributed by atoms with Crippen LogP contribution in [0.1, 0.15) is 48.9 Å². The average molecular weight is 515 g/mol. The Balaban J connectivity index is 1.20. The number of nitrogens with one attached hydrogen (secondary N) is 2. The Morgan fingerprint density at radius 3 is 2.39 bits per heavy atom. The molecule has 6 rings (SSSR count). The van der Waals surface area contributed by atoms with Crippen LogP contribution in [-0.4, -0.2) is 66.3 Å². The number of hydrogen-bond donors (Lipinski definition) is 2. The Bertz CT molecular complexity index is 1120. The van der Waals surface area contributed by atoms with Crippen LogP contribution in [-0.2, 0) is 0 Å². The molecule has 3 aliphatic heterocycles. The number of halogens is 2. The molecule has 0 unspecified atom stereocenters. The minimum absolute atomic E-state index is 0.190. The molecule has 3 saturated heterocycles. The Labute approximate surface area is 214 Å². The lowest BCUT2D eigenvalue weighted by Gasteiger charge is -2.35. The number of aromatic nitrogens is 2. The highest BCUT2D eigenvalue weighted by molar-refractivity contribution is 8.00. The van der Waals surface area contributed by atoms with Gasteiger partial charge in [0.1, 0.15) is 5.82 Å². The number of alkyl halides is 2. The maximum atomic E-state index is 13.6. The molecule has 36 heavy (non-hydrogen) atoms. The van der Waals surface area contributed by atoms with Crippen molar-refractivity contribution in [1.29, 1.82) is 0 Å². The van der Waals surface area contributed by atoms with Gasteiger partial charge < -0.3 is 15.1 Å². The fourth-order valence-electron chi connectivity index (χ4n) is 5.29. The summed E-state index contributed by atoms with van der Waals surface area (Å²) in [7, 11) is 0. The van der Waals surface area contributed by atoms with E-state index in [0.717, 1.165) is 31.9 Å². The van der Waals surface area contributed by atoms with Crippen LogP contribution in [0.2, 0.25) is 0 Å². The van der Waals surface area contributed by atoms with Crippen LogP contribution in [0.25, 0.3) is 0 Å². The summed E-state index contributed by atoms with van der Waals surface area (Å²) in [5.74, 6) is -2.12. The zero-order valence-electron chi connectivity index (χ0n) is 20.3. The Hall–Kier alpha value is -2.46. The number of benzene rings is 1. The van der Waals surface area contributed by atoms with E-state index in [-0.39, 0.29) is 37.8 Å². The van der Waals surface area contributed by atoms with Crippen LogP contribution < -0.4 is 20.4 Å². The van der Waals surface area contributed by atoms with Crippen LogP contribution in [0, 0.1) is 5.41 Å². The van der Waals surface area contributed by atoms with Crippen LogP contribution in [0.4, 0.5) is 26.2 Å². The number of amides is 1. The molecule has 10 heteroatoms. The number of anilines is 3.